The number of nitrogens with one attached hydrogen (secondary N) is 2. The normalized spacial score (nSPS) is 21.3. The van der Waals surface area contributed by atoms with E-state index in [0.717, 1.165) is 35.5 Å². The van der Waals surface area contributed by atoms with Crippen LogP contribution in [0.25, 0.3) is 0 Å². The van der Waals surface area contributed by atoms with Gasteiger partial charge < -0.3 is 20.6 Å². The van der Waals surface area contributed by atoms with E-state index in [-0.39, 0.29) is 55.4 Å². The van der Waals surface area contributed by atoms with Crippen LogP contribution in [0.3, 0.4) is 0 Å². The maximum Gasteiger partial charge on any atom is 0.244 e. The average molecular weight is 657 g/mol. The molecule has 2 fully saturated rings. The lowest BCUT2D eigenvalue weighted by Gasteiger charge is -2.38. The van der Waals surface area contributed by atoms with Gasteiger partial charge in [-0.25, -0.2) is 25.6 Å². The summed E-state index contributed by atoms with van der Waals surface area (Å²) in [7, 11) is -8.20. The second-order valence-electron chi connectivity index (χ2n) is 11.3. The van der Waals surface area contributed by atoms with Crippen molar-refractivity contribution >= 4 is 31.7 Å². The van der Waals surface area contributed by atoms with Crippen LogP contribution in [0.4, 0.5) is 8.78 Å². The van der Waals surface area contributed by atoms with Crippen molar-refractivity contribution in [3.63, 3.8) is 0 Å². The lowest BCUT2D eigenvalue weighted by Crippen LogP contribution is -2.62. The van der Waals surface area contributed by atoms with Gasteiger partial charge in [0.2, 0.25) is 21.8 Å². The summed E-state index contributed by atoms with van der Waals surface area (Å²) in [6, 6.07) is 6.03. The fourth-order valence-corrected chi connectivity index (χ4v) is 8.71. The molecule has 0 aromatic heterocycles. The van der Waals surface area contributed by atoms with Gasteiger partial charge in [0.05, 0.1) is 23.0 Å². The van der Waals surface area contributed by atoms with Gasteiger partial charge >= 0.3 is 0 Å². The highest BCUT2D eigenvalue weighted by molar-refractivity contribution is 7.93. The smallest absolute Gasteiger partial charge is 0.244 e. The van der Waals surface area contributed by atoms with Gasteiger partial charge in [-0.15, -0.1) is 0 Å². The molecule has 0 bridgehead atoms. The number of sulfonamides is 1. The Morgan fingerprint density at radius 2 is 1.75 bits per heavy atom. The summed E-state index contributed by atoms with van der Waals surface area (Å²) < 4.78 is 81.0. The second kappa shape index (κ2) is 14.0. The monoisotopic (exact) mass is 656 g/mol. The number of benzene rings is 2. The fraction of sp³-hybridized carbons (Fsp3) is 0.517. The third-order valence-corrected chi connectivity index (χ3v) is 11.1. The number of aliphatic hydroxyl groups excluding tert-OH is 1. The van der Waals surface area contributed by atoms with Crippen LogP contribution in [-0.4, -0.2) is 100 Å². The Morgan fingerprint density at radius 3 is 2.39 bits per heavy atom. The summed E-state index contributed by atoms with van der Waals surface area (Å²) >= 11 is 0. The molecule has 2 aromatic rings. The number of aliphatic hydroxyl groups is 1. The van der Waals surface area contributed by atoms with Gasteiger partial charge in [0.1, 0.15) is 16.5 Å². The molecule has 0 radical (unpaired) electrons. The van der Waals surface area contributed by atoms with Crippen LogP contribution >= 0.6 is 0 Å². The molecule has 2 unspecified atom stereocenters. The topological polar surface area (TPSA) is 153 Å². The van der Waals surface area contributed by atoms with E-state index < -0.39 is 66.4 Å². The molecule has 11 nitrogen and oxygen atoms in total. The van der Waals surface area contributed by atoms with Crippen molar-refractivity contribution in [2.24, 2.45) is 5.92 Å². The summed E-state index contributed by atoms with van der Waals surface area (Å²) in [6.07, 6.45) is 0.925. The summed E-state index contributed by atoms with van der Waals surface area (Å²) in [4.78, 5) is 26.7. The number of rotatable bonds is 12. The van der Waals surface area contributed by atoms with Gasteiger partial charge in [0, 0.05) is 57.5 Å². The van der Waals surface area contributed by atoms with Crippen molar-refractivity contribution in [2.45, 2.75) is 60.6 Å². The Labute approximate surface area is 256 Å². The lowest BCUT2D eigenvalue weighted by molar-refractivity contribution is -0.129. The average Bonchev–Trinajstić information content (AvgIpc) is 3.34. The van der Waals surface area contributed by atoms with Gasteiger partial charge in [-0.3, -0.25) is 9.59 Å². The van der Waals surface area contributed by atoms with Crippen LogP contribution in [0.2, 0.25) is 0 Å². The standard InChI is InChI=1S/C29H38F2N4O7S2/c1-3-4-10-34-17-20(15-27(34)36)29(38)33-23(14-19-12-21(30)16-22(31)13-19)28(37)24-18-35(11-9-32-24)44(41,42)26-8-6-5-7-25(26)43(2,39)40/h5-8,12-13,16,20,23-24,28,32,37H,3-4,9-11,14-15,17-18H2,1-2H3,(H,33,38)/t20?,23?,24-,28+/m1/s1. The van der Waals surface area contributed by atoms with Crippen molar-refractivity contribution in [3.8, 4) is 0 Å². The van der Waals surface area contributed by atoms with Crippen LogP contribution in [0, 0.1) is 17.6 Å². The number of likely N-dealkylation sites (tertiary alicyclic amines) is 1. The molecular formula is C29H38F2N4O7S2. The molecule has 44 heavy (non-hydrogen) atoms. The summed E-state index contributed by atoms with van der Waals surface area (Å²) in [5.74, 6) is -3.05. The van der Waals surface area contributed by atoms with Crippen molar-refractivity contribution in [1.82, 2.24) is 19.8 Å². The van der Waals surface area contributed by atoms with Gasteiger partial charge in [0.15, 0.2) is 9.84 Å². The molecule has 0 aliphatic carbocycles. The Bertz CT molecular complexity index is 1570. The Morgan fingerprint density at radius 1 is 1.09 bits per heavy atom. The van der Waals surface area contributed by atoms with Gasteiger partial charge in [0.25, 0.3) is 0 Å². The highest BCUT2D eigenvalue weighted by Gasteiger charge is 2.40. The maximum atomic E-state index is 14.0. The van der Waals surface area contributed by atoms with Crippen molar-refractivity contribution < 1.29 is 40.3 Å². The first-order valence-electron chi connectivity index (χ1n) is 14.4. The lowest BCUT2D eigenvalue weighted by atomic mass is 9.94. The number of carbonyl (C=O) groups is 2. The third-order valence-electron chi connectivity index (χ3n) is 7.93. The minimum Gasteiger partial charge on any atom is -0.389 e. The first-order chi connectivity index (χ1) is 20.7. The zero-order chi connectivity index (χ0) is 32.2. The number of amides is 2. The Hall–Kier alpha value is -2.98. The number of hydrogen-bond acceptors (Lipinski definition) is 8. The van der Waals surface area contributed by atoms with Crippen molar-refractivity contribution in [3.05, 3.63) is 59.7 Å². The minimum absolute atomic E-state index is 0.0135. The zero-order valence-electron chi connectivity index (χ0n) is 24.6. The van der Waals surface area contributed by atoms with Crippen LogP contribution in [0.15, 0.2) is 52.3 Å². The van der Waals surface area contributed by atoms with E-state index in [1.165, 1.54) is 24.3 Å². The highest BCUT2D eigenvalue weighted by Crippen LogP contribution is 2.26. The number of halogens is 2. The molecule has 4 atom stereocenters. The van der Waals surface area contributed by atoms with E-state index in [2.05, 4.69) is 10.6 Å². The molecule has 0 spiro atoms. The second-order valence-corrected chi connectivity index (χ2v) is 15.2. The molecule has 4 rings (SSSR count). The Kier molecular flexibility index (Phi) is 10.8. The fourth-order valence-electron chi connectivity index (χ4n) is 5.64. The maximum absolute atomic E-state index is 14.0. The molecule has 2 saturated heterocycles. The van der Waals surface area contributed by atoms with E-state index in [9.17, 15) is 40.3 Å². The van der Waals surface area contributed by atoms with Crippen LogP contribution in [0.1, 0.15) is 31.7 Å². The summed E-state index contributed by atoms with van der Waals surface area (Å²) in [5, 5.41) is 17.3. The van der Waals surface area contributed by atoms with E-state index in [1.807, 2.05) is 6.92 Å². The molecule has 2 amide bonds. The predicted octanol–water partition coefficient (Wildman–Crippen LogP) is 1.07. The first kappa shape index (κ1) is 33.9. The number of hydrogen-bond donors (Lipinski definition) is 3. The largest absolute Gasteiger partial charge is 0.389 e. The number of piperazine rings is 1. The van der Waals surface area contributed by atoms with E-state index in [0.29, 0.717) is 12.6 Å². The molecule has 2 aliphatic rings. The first-order valence-corrected chi connectivity index (χ1v) is 17.8. The third kappa shape index (κ3) is 7.99. The molecule has 15 heteroatoms. The summed E-state index contributed by atoms with van der Waals surface area (Å²) in [5.41, 5.74) is 0.154. The molecule has 0 saturated carbocycles. The van der Waals surface area contributed by atoms with Crippen LogP contribution in [0.5, 0.6) is 0 Å². The quantitative estimate of drug-likeness (QED) is 0.307. The van der Waals surface area contributed by atoms with Gasteiger partial charge in [-0.2, -0.15) is 4.31 Å². The molecule has 242 valence electrons. The number of nitrogens with zero attached hydrogens (tertiary/aromatic N) is 2. The molecule has 2 aliphatic heterocycles. The Balaban J connectivity index is 1.57. The van der Waals surface area contributed by atoms with Crippen molar-refractivity contribution in [1.29, 1.82) is 0 Å². The van der Waals surface area contributed by atoms with Crippen LogP contribution in [-0.2, 0) is 35.9 Å². The number of unbranched alkanes of at least 4 members (excludes halogenated alkanes) is 1. The van der Waals surface area contributed by atoms with E-state index in [1.54, 1.807) is 4.90 Å². The molecule has 3 N–H and O–H groups in total. The van der Waals surface area contributed by atoms with Crippen LogP contribution < -0.4 is 10.6 Å². The minimum atomic E-state index is -4.32. The predicted molar refractivity (Wildman–Crippen MR) is 158 cm³/mol. The number of sulfone groups is 1. The highest BCUT2D eigenvalue weighted by atomic mass is 32.2. The molecular weight excluding hydrogens is 618 g/mol. The van der Waals surface area contributed by atoms with E-state index >= 15 is 0 Å². The molecule has 2 heterocycles. The van der Waals surface area contributed by atoms with Gasteiger partial charge in [-0.1, -0.05) is 25.5 Å². The summed E-state index contributed by atoms with van der Waals surface area (Å²) in [6.45, 7) is 2.51. The van der Waals surface area contributed by atoms with Gasteiger partial charge in [-0.05, 0) is 42.7 Å². The van der Waals surface area contributed by atoms with E-state index in [4.69, 9.17) is 0 Å². The van der Waals surface area contributed by atoms with Crippen molar-refractivity contribution in [2.75, 3.05) is 39.0 Å². The number of carbonyl (C=O) groups excluding carboxylic acids is 2. The molecule has 2 aromatic carbocycles. The zero-order valence-corrected chi connectivity index (χ0v) is 26.2. The SMILES string of the molecule is CCCCN1CC(C(=O)NC(Cc2cc(F)cc(F)c2)[C@H](O)[C@H]2CN(S(=O)(=O)c3ccccc3S(C)(=O)=O)CCN2)CC1=O.